The van der Waals surface area contributed by atoms with Crippen LogP contribution in [0.5, 0.6) is 0 Å². The fourth-order valence-electron chi connectivity index (χ4n) is 0.713. The summed E-state index contributed by atoms with van der Waals surface area (Å²) >= 11 is 0. The number of hydroxylamine groups is 2. The van der Waals surface area contributed by atoms with Crippen LogP contribution in [0.1, 0.15) is 62.1 Å². The first kappa shape index (κ1) is 2.04. The summed E-state index contributed by atoms with van der Waals surface area (Å²) in [6, 6.07) is 0. The summed E-state index contributed by atoms with van der Waals surface area (Å²) in [6.07, 6.45) is -8.84. The number of Topliss-reactive ketones (excluding diaryl/α,β-unsaturated/α-hetero) is 1. The van der Waals surface area contributed by atoms with E-state index in [0.717, 1.165) is 0 Å². The lowest BCUT2D eigenvalue weighted by molar-refractivity contribution is -1.16. The molecule has 0 aromatic carbocycles. The summed E-state index contributed by atoms with van der Waals surface area (Å²) in [4.78, 5) is 12.8. The van der Waals surface area contributed by atoms with Gasteiger partial charge in [0.1, 0.15) is 16.9 Å². The van der Waals surface area contributed by atoms with E-state index in [1.807, 2.05) is 0 Å². The van der Waals surface area contributed by atoms with Crippen molar-refractivity contribution in [1.82, 2.24) is 0 Å². The van der Waals surface area contributed by atoms with Gasteiger partial charge in [-0.15, -0.1) is 0 Å². The van der Waals surface area contributed by atoms with Crippen molar-refractivity contribution in [3.63, 3.8) is 0 Å². The van der Waals surface area contributed by atoms with Crippen LogP contribution >= 0.6 is 0 Å². The van der Waals surface area contributed by atoms with Crippen LogP contribution in [0.2, 0.25) is 2.84 Å². The minimum Gasteiger partial charge on any atom is -1.00 e. The second kappa shape index (κ2) is 3.56. The van der Waals surface area contributed by atoms with Gasteiger partial charge in [0.15, 0.2) is 0 Å². The number of quaternary nitrogens is 1. The molecule has 1 aliphatic rings. The fourth-order valence-corrected chi connectivity index (χ4v) is 0.713. The lowest BCUT2D eigenvalue weighted by Crippen LogP contribution is -3.25. The highest BCUT2D eigenvalue weighted by Gasteiger charge is 2.49. The van der Waals surface area contributed by atoms with Gasteiger partial charge in [0.05, 0.1) is 12.7 Å². The number of hydrogen-bond acceptors (Lipinski definition) is 2. The molecule has 0 atom stereocenters. The fraction of sp³-hybridized carbons (Fsp3) is 0.889. The maximum Gasteiger partial charge on any atom is 0.388 e. The summed E-state index contributed by atoms with van der Waals surface area (Å²) in [5.41, 5.74) is -9.31. The van der Waals surface area contributed by atoms with Crippen molar-refractivity contribution < 1.29 is 52.2 Å². The summed E-state index contributed by atoms with van der Waals surface area (Å²) in [6.45, 7) is -17.5. The maximum atomic E-state index is 12.8. The molecule has 1 heterocycles. The Morgan fingerprint density at radius 3 is 2.31 bits per heavy atom. The Hall–Kier alpha value is -0.120. The zero-order chi connectivity index (χ0) is 24.8. The summed E-state index contributed by atoms with van der Waals surface area (Å²) in [7, 11) is 0. The van der Waals surface area contributed by atoms with Gasteiger partial charge in [-0.25, -0.2) is 5.21 Å². The molecule has 0 amide bonds. The Morgan fingerprint density at radius 1 is 1.54 bits per heavy atom. The maximum absolute atomic E-state index is 12.8. The van der Waals surface area contributed by atoms with Gasteiger partial charge >= 0.3 is 1.41 Å². The standard InChI is InChI=1S/C9H17NO2.ClH/c1-8(2)5-7(11)6-9(3,4)10(8)12;/h12H,5-6H2,1-4H3;1H/i1D3,2D3,3D3,4D3,5D2,6D2,10+1,12D;/hD. The second-order valence-corrected chi connectivity index (χ2v) is 2.29. The molecule has 0 spiro atoms. The van der Waals surface area contributed by atoms with Crippen LogP contribution in [0, 0.1) is 0 Å². The molecule has 0 saturated carbocycles. The zero-order valence-electron chi connectivity index (χ0n) is 24.1. The van der Waals surface area contributed by atoms with E-state index in [9.17, 15) is 4.79 Å². The van der Waals surface area contributed by atoms with Crippen molar-refractivity contribution in [3.8, 4) is 0 Å². The van der Waals surface area contributed by atoms with Gasteiger partial charge in [-0.3, -0.25) is 4.79 Å². The van der Waals surface area contributed by atoms with Gasteiger partial charge in [0.25, 0.3) is 1.43 Å². The van der Waals surface area contributed by atoms with Crippen LogP contribution in [0.3, 0.4) is 0 Å². The highest BCUT2D eigenvalue weighted by atomic mass is 35.5. The predicted molar refractivity (Wildman–Crippen MR) is 45.1 cm³/mol. The molecule has 0 aromatic heterocycles. The first-order valence-electron chi connectivity index (χ1n) is 11.7. The Bertz CT molecular complexity index is 634. The normalized spacial score (nSPS) is 61.1. The average molecular weight is 227 g/mol. The lowest BCUT2D eigenvalue weighted by atomic mass is 9.85. The van der Waals surface area contributed by atoms with Gasteiger partial charge in [0.2, 0.25) is 0 Å². The Balaban J connectivity index is 0.00000900. The minimum absolute atomic E-state index is 0. The highest BCUT2D eigenvalue weighted by Crippen LogP contribution is 2.19. The molecule has 0 aliphatic carbocycles. The van der Waals surface area contributed by atoms with Crippen LogP contribution in [-0.2, 0) is 4.79 Å². The molecule has 1 fully saturated rings. The van der Waals surface area contributed by atoms with Crippen LogP contribution in [0.15, 0.2) is 0 Å². The largest absolute Gasteiger partial charge is 1.00 e. The average Bonchev–Trinajstić information content (AvgIpc) is 2.38. The van der Waals surface area contributed by atoms with Crippen molar-refractivity contribution in [2.45, 2.75) is 51.2 Å². The molecule has 0 aromatic rings. The molecule has 0 bridgehead atoms. The summed E-state index contributed by atoms with van der Waals surface area (Å²) in [5, 5.41) is 0.116. The molecule has 13 heavy (non-hydrogen) atoms. The third-order valence-electron chi connectivity index (χ3n) is 1.20. The van der Waals surface area contributed by atoms with Crippen molar-refractivity contribution in [2.75, 3.05) is 0 Å². The van der Waals surface area contributed by atoms with Crippen molar-refractivity contribution in [1.29, 1.82) is 0 Å². The summed E-state index contributed by atoms with van der Waals surface area (Å²) < 4.78 is 139. The molecule has 0 radical (unpaired) electrons. The topological polar surface area (TPSA) is 41.7 Å². The molecule has 1 rings (SSSR count). The minimum atomic E-state index is -4.65. The van der Waals surface area contributed by atoms with Crippen LogP contribution < -0.4 is 17.5 Å². The first-order chi connectivity index (χ1) is 12.7. The smallest absolute Gasteiger partial charge is 0.388 e. The van der Waals surface area contributed by atoms with E-state index in [-0.39, 0.29) is 12.4 Å². The highest BCUT2D eigenvalue weighted by molar-refractivity contribution is 5.80. The predicted octanol–water partition coefficient (Wildman–Crippen LogP) is -2.82. The van der Waals surface area contributed by atoms with Crippen molar-refractivity contribution in [3.05, 3.63) is 0 Å². The number of piperidine rings is 1. The van der Waals surface area contributed by atoms with E-state index in [2.05, 4.69) is 5.21 Å². The van der Waals surface area contributed by atoms with E-state index in [0.29, 0.717) is 0 Å². The first-order valence-corrected chi connectivity index (χ1v) is 2.83. The molecule has 1 aliphatic heterocycles. The molecular weight excluding hydrogens is 191 g/mol. The lowest BCUT2D eigenvalue weighted by Gasteiger charge is -2.42. The van der Waals surface area contributed by atoms with Gasteiger partial charge in [0, 0.05) is 21.9 Å². The number of hydrogen-bond donors (Lipinski definition) is 2. The van der Waals surface area contributed by atoms with Crippen LogP contribution in [-0.4, -0.2) is 22.1 Å². The van der Waals surface area contributed by atoms with E-state index in [1.54, 1.807) is 0 Å². The SMILES string of the molecule is [2H]O[15N+]1([2H])C(C([2H])([2H])[2H])(C([2H])([2H])[2H])C([2H])([2H])C(=O)C([2H])([2H])C1(C([2H])([2H])[2H])C([2H])([2H])[2H].[Cl-]. The van der Waals surface area contributed by atoms with Gasteiger partial charge < -0.3 is 12.4 Å². The molecular formula is C9H18ClNO2. The quantitative estimate of drug-likeness (QED) is 0.474. The molecule has 78 valence electrons. The number of halogens is 1. The number of nitrogens with one attached hydrogen (secondary N) is 1. The van der Waals surface area contributed by atoms with Crippen LogP contribution in [0.25, 0.3) is 0 Å². The number of ketones is 1. The summed E-state index contributed by atoms with van der Waals surface area (Å²) in [5.74, 6) is -2.63. The van der Waals surface area contributed by atoms with Crippen molar-refractivity contribution >= 4 is 5.78 Å². The van der Waals surface area contributed by atoms with Crippen LogP contribution in [0.4, 0.5) is 0 Å². The number of rotatable bonds is 1. The molecule has 0 unspecified atom stereocenters. The monoisotopic (exact) mass is 226 g/mol. The number of carbonyl (C=O) groups excluding carboxylic acids is 1. The number of carbonyl (C=O) groups is 1. The second-order valence-electron chi connectivity index (χ2n) is 2.29. The van der Waals surface area contributed by atoms with Gasteiger partial charge in [-0.05, 0) is 27.4 Å². The molecule has 4 heteroatoms. The van der Waals surface area contributed by atoms with Gasteiger partial charge in [-0.2, -0.15) is 5.06 Å². The zero-order valence-corrected chi connectivity index (χ0v) is 6.90. The third kappa shape index (κ3) is 2.42. The Kier molecular flexibility index (Phi) is 0.557. The van der Waals surface area contributed by atoms with Gasteiger partial charge in [-0.1, -0.05) is 0 Å². The van der Waals surface area contributed by atoms with E-state index in [1.165, 1.54) is 0 Å². The van der Waals surface area contributed by atoms with E-state index < -0.39 is 62.1 Å². The Labute approximate surface area is 111 Å². The van der Waals surface area contributed by atoms with E-state index in [4.69, 9.17) is 24.8 Å². The molecule has 1 saturated heterocycles. The van der Waals surface area contributed by atoms with Crippen molar-refractivity contribution in [2.24, 2.45) is 0 Å². The Morgan fingerprint density at radius 2 is 2.00 bits per heavy atom. The third-order valence-corrected chi connectivity index (χ3v) is 1.20. The molecule has 3 nitrogen and oxygen atoms in total. The van der Waals surface area contributed by atoms with E-state index >= 15 is 0 Å². The molecule has 2 N–H and O–H groups in total.